The Morgan fingerprint density at radius 3 is 1.73 bits per heavy atom. The molecule has 0 amide bonds. The number of benzene rings is 2. The van der Waals surface area contributed by atoms with E-state index in [1.165, 1.54) is 62.5 Å². The fourth-order valence-corrected chi connectivity index (χ4v) is 13.6. The summed E-state index contributed by atoms with van der Waals surface area (Å²) in [5.41, 5.74) is 7.90. The number of nitrogens with one attached hydrogen (secondary N) is 2. The molecule has 2 aliphatic heterocycles. The molecule has 0 bridgehead atoms. The van der Waals surface area contributed by atoms with Gasteiger partial charge in [0.25, 0.3) is 0 Å². The molecule has 4 rings (SSSR count). The largest absolute Gasteiger partial charge is 0.316 e. The summed E-state index contributed by atoms with van der Waals surface area (Å²) in [6, 6.07) is 18.7. The van der Waals surface area contributed by atoms with E-state index in [0.717, 1.165) is 11.3 Å². The van der Waals surface area contributed by atoms with Crippen LogP contribution >= 0.6 is 15.8 Å². The Kier molecular flexibility index (Phi) is 9.28. The molecule has 204 valence electrons. The lowest BCUT2D eigenvalue weighted by atomic mass is 9.77. The lowest BCUT2D eigenvalue weighted by Gasteiger charge is -2.42. The number of hydrogen-bond acceptors (Lipinski definition) is 2. The Balaban J connectivity index is 1.76. The molecule has 2 fully saturated rings. The molecule has 37 heavy (non-hydrogen) atoms. The third-order valence-electron chi connectivity index (χ3n) is 8.73. The van der Waals surface area contributed by atoms with Gasteiger partial charge in [-0.3, -0.25) is 0 Å². The average molecular weight is 539 g/mol. The third kappa shape index (κ3) is 7.06. The minimum atomic E-state index is -0.180. The Bertz CT molecular complexity index is 977. The van der Waals surface area contributed by atoms with E-state index in [2.05, 4.69) is 115 Å². The van der Waals surface area contributed by atoms with Crippen LogP contribution in [-0.4, -0.2) is 47.8 Å². The SMILES string of the molecule is CC(C)(c1ccccc1)c1ccc(CP(C(C)(C)C)C(C)(C)C)c(CP(C2CCNC2)C2CCNC2)c1. The van der Waals surface area contributed by atoms with E-state index in [4.69, 9.17) is 0 Å². The van der Waals surface area contributed by atoms with Crippen LogP contribution in [0.2, 0.25) is 0 Å². The van der Waals surface area contributed by atoms with E-state index in [-0.39, 0.29) is 21.3 Å². The first-order chi connectivity index (χ1) is 17.4. The van der Waals surface area contributed by atoms with Crippen LogP contribution in [0.4, 0.5) is 0 Å². The van der Waals surface area contributed by atoms with E-state index < -0.39 is 0 Å². The van der Waals surface area contributed by atoms with Crippen LogP contribution in [0, 0.1) is 0 Å². The molecule has 2 heterocycles. The van der Waals surface area contributed by atoms with Crippen molar-refractivity contribution in [2.45, 2.75) is 108 Å². The van der Waals surface area contributed by atoms with Gasteiger partial charge < -0.3 is 10.6 Å². The summed E-state index contributed by atoms with van der Waals surface area (Å²) in [4.78, 5) is 0. The van der Waals surface area contributed by atoms with Gasteiger partial charge >= 0.3 is 0 Å². The average Bonchev–Trinajstić information content (AvgIpc) is 3.55. The maximum Gasteiger partial charge on any atom is 0.0146 e. The van der Waals surface area contributed by atoms with Crippen molar-refractivity contribution in [3.63, 3.8) is 0 Å². The highest BCUT2D eigenvalue weighted by Gasteiger charge is 2.37. The van der Waals surface area contributed by atoms with Gasteiger partial charge in [-0.15, -0.1) is 0 Å². The lowest BCUT2D eigenvalue weighted by molar-refractivity contribution is 0.639. The Morgan fingerprint density at radius 1 is 0.676 bits per heavy atom. The van der Waals surface area contributed by atoms with Gasteiger partial charge in [-0.2, -0.15) is 0 Å². The molecule has 0 aromatic heterocycles. The van der Waals surface area contributed by atoms with Crippen LogP contribution < -0.4 is 10.6 Å². The first kappa shape index (κ1) is 29.2. The summed E-state index contributed by atoms with van der Waals surface area (Å²) in [6.45, 7) is 24.5. The summed E-state index contributed by atoms with van der Waals surface area (Å²) < 4.78 is 0. The molecule has 0 spiro atoms. The second-order valence-electron chi connectivity index (χ2n) is 13.9. The van der Waals surface area contributed by atoms with Crippen LogP contribution in [-0.2, 0) is 17.7 Å². The Labute approximate surface area is 230 Å². The highest BCUT2D eigenvalue weighted by atomic mass is 31.1. The van der Waals surface area contributed by atoms with Crippen molar-refractivity contribution in [1.29, 1.82) is 0 Å². The Hall–Kier alpha value is -0.780. The van der Waals surface area contributed by atoms with E-state index in [1.807, 2.05) is 0 Å². The maximum atomic E-state index is 3.70. The van der Waals surface area contributed by atoms with Crippen molar-refractivity contribution in [2.24, 2.45) is 0 Å². The molecule has 2 N–H and O–H groups in total. The van der Waals surface area contributed by atoms with Crippen LogP contribution in [0.1, 0.15) is 90.5 Å². The highest BCUT2D eigenvalue weighted by molar-refractivity contribution is 7.60. The van der Waals surface area contributed by atoms with Gasteiger partial charge in [0.2, 0.25) is 0 Å². The predicted octanol–water partition coefficient (Wildman–Crippen LogP) is 8.30. The van der Waals surface area contributed by atoms with E-state index in [0.29, 0.717) is 10.3 Å². The van der Waals surface area contributed by atoms with Gasteiger partial charge in [-0.25, -0.2) is 0 Å². The molecular weight excluding hydrogens is 486 g/mol. The quantitative estimate of drug-likeness (QED) is 0.330. The predicted molar refractivity (Wildman–Crippen MR) is 168 cm³/mol. The lowest BCUT2D eigenvalue weighted by Crippen LogP contribution is -2.26. The molecule has 0 radical (unpaired) electrons. The normalized spacial score (nSPS) is 22.1. The van der Waals surface area contributed by atoms with Gasteiger partial charge in [-0.05, 0) is 82.1 Å². The van der Waals surface area contributed by atoms with Gasteiger partial charge in [0.15, 0.2) is 0 Å². The molecule has 2 unspecified atom stereocenters. The first-order valence-corrected chi connectivity index (χ1v) is 17.7. The summed E-state index contributed by atoms with van der Waals surface area (Å²) in [7, 11) is -0.237. The van der Waals surface area contributed by atoms with Gasteiger partial charge in [0.1, 0.15) is 0 Å². The summed E-state index contributed by atoms with van der Waals surface area (Å²) >= 11 is 0. The molecule has 2 aliphatic rings. The summed E-state index contributed by atoms with van der Waals surface area (Å²) in [5.74, 6) is 0. The fourth-order valence-electron chi connectivity index (χ4n) is 6.59. The molecule has 2 saturated heterocycles. The minimum Gasteiger partial charge on any atom is -0.316 e. The van der Waals surface area contributed by atoms with Crippen molar-refractivity contribution in [3.8, 4) is 0 Å². The van der Waals surface area contributed by atoms with Crippen molar-refractivity contribution in [1.82, 2.24) is 10.6 Å². The molecule has 2 nitrogen and oxygen atoms in total. The third-order valence-corrected chi connectivity index (χ3v) is 16.1. The zero-order valence-corrected chi connectivity index (χ0v) is 26.6. The van der Waals surface area contributed by atoms with Crippen LogP contribution in [0.15, 0.2) is 48.5 Å². The fraction of sp³-hybridized carbons (Fsp3) is 0.636. The van der Waals surface area contributed by atoms with Crippen molar-refractivity contribution < 1.29 is 0 Å². The topological polar surface area (TPSA) is 24.1 Å². The van der Waals surface area contributed by atoms with Gasteiger partial charge in [0, 0.05) is 18.5 Å². The zero-order valence-electron chi connectivity index (χ0n) is 24.8. The number of hydrogen-bond donors (Lipinski definition) is 2. The molecule has 2 aromatic rings. The van der Waals surface area contributed by atoms with Crippen molar-refractivity contribution >= 4 is 15.8 Å². The second kappa shape index (κ2) is 11.8. The maximum absolute atomic E-state index is 3.70. The van der Waals surface area contributed by atoms with Crippen LogP contribution in [0.25, 0.3) is 0 Å². The van der Waals surface area contributed by atoms with Crippen molar-refractivity contribution in [2.75, 3.05) is 26.2 Å². The summed E-state index contributed by atoms with van der Waals surface area (Å²) in [5, 5.41) is 8.08. The summed E-state index contributed by atoms with van der Waals surface area (Å²) in [6.07, 6.45) is 5.26. The molecule has 2 aromatic carbocycles. The monoisotopic (exact) mass is 538 g/mol. The van der Waals surface area contributed by atoms with E-state index in [1.54, 1.807) is 11.1 Å². The smallest absolute Gasteiger partial charge is 0.0146 e. The molecule has 4 heteroatoms. The molecule has 2 atom stereocenters. The molecule has 0 saturated carbocycles. The standard InChI is InChI=1S/C33H52N2P2/c1-31(2,3)37(32(4,5)6)24-25-14-15-28(33(7,8)27-12-10-9-11-13-27)20-26(25)23-36(29-16-18-34-21-29)30-17-19-35-22-30/h9-15,20,29-30,34-35H,16-19,21-24H2,1-8H3. The number of rotatable bonds is 8. The minimum absolute atomic E-state index is 0.0000862. The second-order valence-corrected chi connectivity index (χ2v) is 20.5. The van der Waals surface area contributed by atoms with E-state index >= 15 is 0 Å². The first-order valence-electron chi connectivity index (χ1n) is 14.5. The Morgan fingerprint density at radius 2 is 1.24 bits per heavy atom. The van der Waals surface area contributed by atoms with Crippen molar-refractivity contribution in [3.05, 3.63) is 70.8 Å². The zero-order chi connectivity index (χ0) is 26.8. The van der Waals surface area contributed by atoms with Gasteiger partial charge in [-0.1, -0.05) is 120 Å². The molecule has 0 aliphatic carbocycles. The molecular formula is C33H52N2P2. The highest BCUT2D eigenvalue weighted by Crippen LogP contribution is 2.62. The van der Waals surface area contributed by atoms with Crippen LogP contribution in [0.5, 0.6) is 0 Å². The van der Waals surface area contributed by atoms with Gasteiger partial charge in [0.05, 0.1) is 0 Å². The van der Waals surface area contributed by atoms with Crippen LogP contribution in [0.3, 0.4) is 0 Å². The van der Waals surface area contributed by atoms with E-state index in [9.17, 15) is 0 Å².